The third-order valence-corrected chi connectivity index (χ3v) is 13.3. The smallest absolute Gasteiger partial charge is 0.196 e. The Kier molecular flexibility index (Phi) is 7.55. The molecule has 0 spiro atoms. The summed E-state index contributed by atoms with van der Waals surface area (Å²) in [4.78, 5) is 4.67. The van der Waals surface area contributed by atoms with Gasteiger partial charge in [0.1, 0.15) is 11.4 Å². The van der Waals surface area contributed by atoms with E-state index in [0.717, 1.165) is 44.9 Å². The number of hydrogen-bond acceptors (Lipinski definition) is 6. The molecule has 2 aromatic heterocycles. The van der Waals surface area contributed by atoms with Gasteiger partial charge in [0.05, 0.1) is 0 Å². The van der Waals surface area contributed by atoms with Crippen molar-refractivity contribution in [1.82, 2.24) is 0 Å². The van der Waals surface area contributed by atoms with Crippen molar-refractivity contribution in [1.29, 1.82) is 0 Å². The molecule has 0 saturated carbocycles. The molecule has 12 rings (SSSR count). The molecule has 0 atom stereocenters. The van der Waals surface area contributed by atoms with Gasteiger partial charge in [-0.3, -0.25) is 0 Å². The summed E-state index contributed by atoms with van der Waals surface area (Å²) in [5, 5.41) is 7.11. The minimum atomic E-state index is 0.650. The zero-order chi connectivity index (χ0) is 38.2. The first-order valence-electron chi connectivity index (χ1n) is 19.3. The molecule has 58 heavy (non-hydrogen) atoms. The van der Waals surface area contributed by atoms with Crippen molar-refractivity contribution in [2.45, 2.75) is 0 Å². The minimum Gasteiger partial charge on any atom is -0.447 e. The number of ether oxygens (including phenoxy) is 2. The first kappa shape index (κ1) is 33.1. The Balaban J connectivity index is 1.17. The third kappa shape index (κ3) is 5.19. The largest absolute Gasteiger partial charge is 0.447 e. The van der Waals surface area contributed by atoms with Gasteiger partial charge in [-0.05, 0) is 72.8 Å². The Labute approximate surface area is 342 Å². The fraction of sp³-hybridized carbons (Fsp3) is 0. The Morgan fingerprint density at radius 2 is 0.655 bits per heavy atom. The topological polar surface area (TPSA) is 24.9 Å². The molecule has 3 heterocycles. The standard InChI is InChI=1S/C52H32N2O2S2/c1-3-15-33(16-4-1)53(35-27-29-39-37-19-9-13-25-45(37)57-47(39)31-35)49-41-21-7-8-22-42(41)50(52-51(49)55-43-23-11-12-24-44(43)56-52)54(34-17-5-2-6-18-34)36-28-30-40-38-20-10-14-26-46(38)58-48(40)32-36/h1-32H. The van der Waals surface area contributed by atoms with Crippen LogP contribution in [-0.2, 0) is 0 Å². The van der Waals surface area contributed by atoms with Crippen molar-refractivity contribution in [3.05, 3.63) is 194 Å². The fourth-order valence-corrected chi connectivity index (χ4v) is 10.8. The van der Waals surface area contributed by atoms with E-state index in [1.807, 2.05) is 46.9 Å². The van der Waals surface area contributed by atoms with Gasteiger partial charge in [0.2, 0.25) is 0 Å². The number of thiophene rings is 2. The number of benzene rings is 9. The van der Waals surface area contributed by atoms with E-state index in [1.165, 1.54) is 40.3 Å². The second kappa shape index (κ2) is 13.2. The Hall–Kier alpha value is -7.12. The van der Waals surface area contributed by atoms with Crippen LogP contribution < -0.4 is 19.3 Å². The maximum absolute atomic E-state index is 7.16. The first-order chi connectivity index (χ1) is 28.8. The van der Waals surface area contributed by atoms with E-state index in [-0.39, 0.29) is 0 Å². The maximum atomic E-state index is 7.16. The summed E-state index contributed by atoms with van der Waals surface area (Å²) >= 11 is 3.64. The van der Waals surface area contributed by atoms with Gasteiger partial charge >= 0.3 is 0 Å². The molecule has 0 fully saturated rings. The summed E-state index contributed by atoms with van der Waals surface area (Å²) in [6.45, 7) is 0. The third-order valence-electron chi connectivity index (χ3n) is 11.1. The van der Waals surface area contributed by atoms with Crippen LogP contribution in [-0.4, -0.2) is 0 Å². The summed E-state index contributed by atoms with van der Waals surface area (Å²) in [5.41, 5.74) is 5.90. The Morgan fingerprint density at radius 1 is 0.293 bits per heavy atom. The van der Waals surface area contributed by atoms with Crippen LogP contribution in [0.25, 0.3) is 51.1 Å². The highest BCUT2D eigenvalue weighted by molar-refractivity contribution is 7.26. The predicted octanol–water partition coefficient (Wildman–Crippen LogP) is 16.4. The van der Waals surface area contributed by atoms with Crippen LogP contribution in [0.5, 0.6) is 23.0 Å². The molecule has 274 valence electrons. The lowest BCUT2D eigenvalue weighted by Gasteiger charge is -2.35. The molecule has 0 unspecified atom stereocenters. The lowest BCUT2D eigenvalue weighted by molar-refractivity contribution is 0.362. The molecule has 6 heteroatoms. The molecule has 0 N–H and O–H groups in total. The zero-order valence-electron chi connectivity index (χ0n) is 31.0. The Bertz CT molecular complexity index is 3150. The molecule has 9 aromatic carbocycles. The van der Waals surface area contributed by atoms with Crippen molar-refractivity contribution in [2.75, 3.05) is 9.80 Å². The van der Waals surface area contributed by atoms with Crippen LogP contribution in [0.2, 0.25) is 0 Å². The molecule has 0 saturated heterocycles. The van der Waals surface area contributed by atoms with Gasteiger partial charge in [-0.15, -0.1) is 22.7 Å². The van der Waals surface area contributed by atoms with Crippen molar-refractivity contribution in [2.24, 2.45) is 0 Å². The maximum Gasteiger partial charge on any atom is 0.196 e. The monoisotopic (exact) mass is 780 g/mol. The average molecular weight is 781 g/mol. The van der Waals surface area contributed by atoms with Crippen LogP contribution in [0.4, 0.5) is 34.1 Å². The quantitative estimate of drug-likeness (QED) is 0.157. The Morgan fingerprint density at radius 3 is 1.10 bits per heavy atom. The summed E-state index contributed by atoms with van der Waals surface area (Å²) in [6, 6.07) is 68.7. The van der Waals surface area contributed by atoms with Crippen molar-refractivity contribution < 1.29 is 9.47 Å². The zero-order valence-corrected chi connectivity index (χ0v) is 32.6. The normalized spacial score (nSPS) is 12.1. The van der Waals surface area contributed by atoms with Gasteiger partial charge in [-0.1, -0.05) is 121 Å². The molecule has 11 aromatic rings. The molecule has 0 aliphatic carbocycles. The number of fused-ring (bicyclic) bond motifs is 9. The molecular weight excluding hydrogens is 749 g/mol. The average Bonchev–Trinajstić information content (AvgIpc) is 3.85. The van der Waals surface area contributed by atoms with Crippen LogP contribution in [0.1, 0.15) is 0 Å². The molecular formula is C52H32N2O2S2. The fourth-order valence-electron chi connectivity index (χ4n) is 8.50. The van der Waals surface area contributed by atoms with Crippen LogP contribution in [0, 0.1) is 0 Å². The second-order valence-electron chi connectivity index (χ2n) is 14.5. The number of anilines is 6. The lowest BCUT2D eigenvalue weighted by atomic mass is 9.99. The summed E-state index contributed by atoms with van der Waals surface area (Å²) in [5.74, 6) is 2.64. The van der Waals surface area contributed by atoms with Gasteiger partial charge in [-0.2, -0.15) is 0 Å². The number of hydrogen-bond donors (Lipinski definition) is 0. The van der Waals surface area contributed by atoms with Crippen molar-refractivity contribution in [3.8, 4) is 23.0 Å². The van der Waals surface area contributed by atoms with Gasteiger partial charge in [0.15, 0.2) is 23.0 Å². The van der Waals surface area contributed by atoms with E-state index in [1.54, 1.807) is 0 Å². The summed E-state index contributed by atoms with van der Waals surface area (Å²) < 4.78 is 19.3. The van der Waals surface area contributed by atoms with E-state index in [4.69, 9.17) is 9.47 Å². The number of rotatable bonds is 6. The van der Waals surface area contributed by atoms with Crippen LogP contribution >= 0.6 is 22.7 Å². The lowest BCUT2D eigenvalue weighted by Crippen LogP contribution is -2.17. The van der Waals surface area contributed by atoms with Gasteiger partial charge in [-0.25, -0.2) is 0 Å². The molecule has 0 radical (unpaired) electrons. The highest BCUT2D eigenvalue weighted by Crippen LogP contribution is 2.62. The molecule has 1 aliphatic rings. The van der Waals surface area contributed by atoms with Crippen molar-refractivity contribution >= 4 is 108 Å². The van der Waals surface area contributed by atoms with Gasteiger partial charge < -0.3 is 19.3 Å². The second-order valence-corrected chi connectivity index (χ2v) is 16.6. The molecule has 0 bridgehead atoms. The van der Waals surface area contributed by atoms with Crippen LogP contribution in [0.15, 0.2) is 194 Å². The van der Waals surface area contributed by atoms with Gasteiger partial charge in [0, 0.05) is 73.9 Å². The first-order valence-corrected chi connectivity index (χ1v) is 21.0. The van der Waals surface area contributed by atoms with Gasteiger partial charge in [0.25, 0.3) is 0 Å². The van der Waals surface area contributed by atoms with E-state index in [0.29, 0.717) is 23.0 Å². The molecule has 1 aliphatic heterocycles. The number of nitrogens with zero attached hydrogens (tertiary/aromatic N) is 2. The van der Waals surface area contributed by atoms with E-state index < -0.39 is 0 Å². The minimum absolute atomic E-state index is 0.650. The van der Waals surface area contributed by atoms with Crippen molar-refractivity contribution in [3.63, 3.8) is 0 Å². The summed E-state index contributed by atoms with van der Waals surface area (Å²) in [7, 11) is 0. The van der Waals surface area contributed by atoms with E-state index >= 15 is 0 Å². The SMILES string of the molecule is c1ccc(N(c2ccc3c(c2)sc2ccccc23)c2c3c(c(N(c4ccccc4)c4ccc5c(c4)sc4ccccc45)c4ccccc24)Oc2ccccc2O3)cc1. The van der Waals surface area contributed by atoms with Crippen LogP contribution in [0.3, 0.4) is 0 Å². The molecule has 4 nitrogen and oxygen atoms in total. The summed E-state index contributed by atoms with van der Waals surface area (Å²) in [6.07, 6.45) is 0. The number of para-hydroxylation sites is 4. The van der Waals surface area contributed by atoms with E-state index in [9.17, 15) is 0 Å². The van der Waals surface area contributed by atoms with E-state index in [2.05, 4.69) is 180 Å². The highest BCUT2D eigenvalue weighted by atomic mass is 32.1. The predicted molar refractivity (Wildman–Crippen MR) is 246 cm³/mol. The highest BCUT2D eigenvalue weighted by Gasteiger charge is 2.35. The molecule has 0 amide bonds.